The SMILES string of the molecule is COC(=O)c1ccc(C#Cc2ccc3nc(NC(=O)C(C)(C)C)nc(NC(=O)C(C)(C)C)c3c2Cl)cc1. The molecule has 0 bridgehead atoms. The molecular weight excluding hydrogens is 492 g/mol. The van der Waals surface area contributed by atoms with Gasteiger partial charge in [-0.25, -0.2) is 9.78 Å². The lowest BCUT2D eigenvalue weighted by molar-refractivity contribution is -0.123. The van der Waals surface area contributed by atoms with Crippen LogP contribution in [0.3, 0.4) is 0 Å². The van der Waals surface area contributed by atoms with Crippen molar-refractivity contribution in [1.29, 1.82) is 0 Å². The molecule has 0 saturated heterocycles. The van der Waals surface area contributed by atoms with Gasteiger partial charge in [-0.1, -0.05) is 65.0 Å². The highest BCUT2D eigenvalue weighted by atomic mass is 35.5. The molecule has 0 unspecified atom stereocenters. The molecule has 1 aromatic heterocycles. The highest BCUT2D eigenvalue weighted by Gasteiger charge is 2.26. The van der Waals surface area contributed by atoms with Gasteiger partial charge in [-0.2, -0.15) is 4.98 Å². The zero-order valence-electron chi connectivity index (χ0n) is 21.9. The second-order valence-corrected chi connectivity index (χ2v) is 10.8. The van der Waals surface area contributed by atoms with Crippen molar-refractivity contribution >= 4 is 52.1 Å². The summed E-state index contributed by atoms with van der Waals surface area (Å²) in [5.74, 6) is 5.29. The van der Waals surface area contributed by atoms with E-state index in [1.807, 2.05) is 0 Å². The maximum absolute atomic E-state index is 12.8. The summed E-state index contributed by atoms with van der Waals surface area (Å²) in [6, 6.07) is 10.1. The quantitative estimate of drug-likeness (QED) is 0.351. The molecule has 37 heavy (non-hydrogen) atoms. The van der Waals surface area contributed by atoms with E-state index in [1.54, 1.807) is 77.9 Å². The normalized spacial score (nSPS) is 11.4. The van der Waals surface area contributed by atoms with E-state index in [0.717, 1.165) is 0 Å². The number of nitrogens with one attached hydrogen (secondary N) is 2. The summed E-state index contributed by atoms with van der Waals surface area (Å²) in [7, 11) is 1.32. The minimum absolute atomic E-state index is 0.0530. The molecule has 3 aromatic rings. The second kappa shape index (κ2) is 10.6. The lowest BCUT2D eigenvalue weighted by Crippen LogP contribution is -2.30. The van der Waals surface area contributed by atoms with Crippen molar-refractivity contribution in [2.45, 2.75) is 41.5 Å². The van der Waals surface area contributed by atoms with Crippen LogP contribution in [0.25, 0.3) is 10.9 Å². The Hall–Kier alpha value is -3.96. The summed E-state index contributed by atoms with van der Waals surface area (Å²) in [5, 5.41) is 6.19. The van der Waals surface area contributed by atoms with Gasteiger partial charge in [-0.05, 0) is 36.4 Å². The number of benzene rings is 2. The zero-order chi connectivity index (χ0) is 27.5. The van der Waals surface area contributed by atoms with Crippen LogP contribution >= 0.6 is 11.6 Å². The molecule has 0 radical (unpaired) electrons. The number of amides is 2. The molecule has 192 valence electrons. The Morgan fingerprint density at radius 2 is 1.43 bits per heavy atom. The van der Waals surface area contributed by atoms with Crippen LogP contribution in [0.1, 0.15) is 63.0 Å². The van der Waals surface area contributed by atoms with Gasteiger partial charge in [0, 0.05) is 22.0 Å². The first kappa shape index (κ1) is 27.6. The number of carbonyl (C=O) groups is 3. The van der Waals surface area contributed by atoms with Crippen LogP contribution < -0.4 is 10.6 Å². The third kappa shape index (κ3) is 6.63. The van der Waals surface area contributed by atoms with Crippen LogP contribution in [-0.4, -0.2) is 34.9 Å². The smallest absolute Gasteiger partial charge is 0.337 e. The number of nitrogens with zero attached hydrogens (tertiary/aromatic N) is 2. The van der Waals surface area contributed by atoms with Gasteiger partial charge in [0.25, 0.3) is 0 Å². The molecule has 0 aliphatic rings. The van der Waals surface area contributed by atoms with Gasteiger partial charge in [0.15, 0.2) is 0 Å². The van der Waals surface area contributed by atoms with Crippen molar-refractivity contribution in [3.8, 4) is 11.8 Å². The first-order valence-corrected chi connectivity index (χ1v) is 11.9. The van der Waals surface area contributed by atoms with Crippen molar-refractivity contribution in [3.63, 3.8) is 0 Å². The van der Waals surface area contributed by atoms with E-state index in [4.69, 9.17) is 16.3 Å². The Kier molecular flexibility index (Phi) is 7.89. The number of halogens is 1. The number of aromatic nitrogens is 2. The second-order valence-electron chi connectivity index (χ2n) is 10.4. The van der Waals surface area contributed by atoms with Crippen LogP contribution in [0.15, 0.2) is 36.4 Å². The number of hydrogen-bond acceptors (Lipinski definition) is 6. The van der Waals surface area contributed by atoms with Crippen LogP contribution in [0.4, 0.5) is 11.8 Å². The van der Waals surface area contributed by atoms with Crippen molar-refractivity contribution in [1.82, 2.24) is 9.97 Å². The van der Waals surface area contributed by atoms with Crippen molar-refractivity contribution < 1.29 is 19.1 Å². The van der Waals surface area contributed by atoms with E-state index in [2.05, 4.69) is 32.4 Å². The maximum atomic E-state index is 12.8. The van der Waals surface area contributed by atoms with E-state index >= 15 is 0 Å². The standard InChI is InChI=1S/C28H29ClN4O4/c1-27(2,3)24(35)31-22-20-19(30-26(32-22)33-25(36)28(4,5)6)15-14-17(21(20)29)11-8-16-9-12-18(13-10-16)23(34)37-7/h9-10,12-15H,1-7H3,(H2,30,31,32,33,35,36). The van der Waals surface area contributed by atoms with Crippen LogP contribution in [0.2, 0.25) is 5.02 Å². The van der Waals surface area contributed by atoms with Crippen LogP contribution in [0, 0.1) is 22.7 Å². The average Bonchev–Trinajstić information content (AvgIpc) is 2.82. The molecule has 1 heterocycles. The number of ether oxygens (including phenoxy) is 1. The molecule has 0 fully saturated rings. The molecular formula is C28H29ClN4O4. The molecule has 2 amide bonds. The summed E-state index contributed by atoms with van der Waals surface area (Å²) in [5.41, 5.74) is 0.643. The molecule has 2 aromatic carbocycles. The Labute approximate surface area is 221 Å². The number of anilines is 2. The molecule has 9 heteroatoms. The lowest BCUT2D eigenvalue weighted by Gasteiger charge is -2.20. The molecule has 0 aliphatic carbocycles. The van der Waals surface area contributed by atoms with Crippen LogP contribution in [0.5, 0.6) is 0 Å². The fraction of sp³-hybridized carbons (Fsp3) is 0.321. The molecule has 0 atom stereocenters. The molecule has 8 nitrogen and oxygen atoms in total. The number of carbonyl (C=O) groups excluding carboxylic acids is 3. The zero-order valence-corrected chi connectivity index (χ0v) is 22.6. The van der Waals surface area contributed by atoms with Crippen molar-refractivity contribution in [3.05, 3.63) is 58.1 Å². The van der Waals surface area contributed by atoms with Gasteiger partial charge < -0.3 is 10.1 Å². The predicted molar refractivity (Wildman–Crippen MR) is 144 cm³/mol. The fourth-order valence-electron chi connectivity index (χ4n) is 2.96. The summed E-state index contributed by atoms with van der Waals surface area (Å²) in [6.07, 6.45) is 0. The number of fused-ring (bicyclic) bond motifs is 1. The maximum Gasteiger partial charge on any atom is 0.337 e. The van der Waals surface area contributed by atoms with Gasteiger partial charge in [0.2, 0.25) is 17.8 Å². The molecule has 0 saturated carbocycles. The lowest BCUT2D eigenvalue weighted by atomic mass is 9.95. The van der Waals surface area contributed by atoms with E-state index in [0.29, 0.717) is 27.6 Å². The fourth-order valence-corrected chi connectivity index (χ4v) is 3.26. The number of rotatable bonds is 3. The van der Waals surface area contributed by atoms with E-state index in [1.165, 1.54) is 7.11 Å². The topological polar surface area (TPSA) is 110 Å². The van der Waals surface area contributed by atoms with Gasteiger partial charge in [0.05, 0.1) is 28.6 Å². The Morgan fingerprint density at radius 1 is 0.838 bits per heavy atom. The highest BCUT2D eigenvalue weighted by Crippen LogP contribution is 2.33. The van der Waals surface area contributed by atoms with Crippen LogP contribution in [-0.2, 0) is 14.3 Å². The monoisotopic (exact) mass is 520 g/mol. The Morgan fingerprint density at radius 3 is 2.00 bits per heavy atom. The number of methoxy groups -OCH3 is 1. The Balaban J connectivity index is 2.08. The van der Waals surface area contributed by atoms with Gasteiger partial charge in [-0.15, -0.1) is 0 Å². The van der Waals surface area contributed by atoms with E-state index in [-0.39, 0.29) is 28.6 Å². The van der Waals surface area contributed by atoms with E-state index in [9.17, 15) is 14.4 Å². The first-order valence-electron chi connectivity index (χ1n) is 11.5. The van der Waals surface area contributed by atoms with Crippen molar-refractivity contribution in [2.24, 2.45) is 10.8 Å². The van der Waals surface area contributed by atoms with Gasteiger partial charge >= 0.3 is 5.97 Å². The largest absolute Gasteiger partial charge is 0.465 e. The summed E-state index contributed by atoms with van der Waals surface area (Å²) < 4.78 is 4.71. The third-order valence-corrected chi connectivity index (χ3v) is 5.66. The number of esters is 1. The van der Waals surface area contributed by atoms with E-state index < -0.39 is 16.8 Å². The van der Waals surface area contributed by atoms with Crippen molar-refractivity contribution in [2.75, 3.05) is 17.7 Å². The summed E-state index contributed by atoms with van der Waals surface area (Å²) in [6.45, 7) is 10.7. The molecule has 0 aliphatic heterocycles. The first-order chi connectivity index (χ1) is 17.2. The average molecular weight is 521 g/mol. The minimum atomic E-state index is -0.702. The summed E-state index contributed by atoms with van der Waals surface area (Å²) >= 11 is 6.74. The molecule has 2 N–H and O–H groups in total. The third-order valence-electron chi connectivity index (χ3n) is 5.27. The predicted octanol–water partition coefficient (Wildman–Crippen LogP) is 5.44. The Bertz CT molecular complexity index is 1440. The van der Waals surface area contributed by atoms with Gasteiger partial charge in [-0.3, -0.25) is 14.9 Å². The van der Waals surface area contributed by atoms with Gasteiger partial charge in [0.1, 0.15) is 5.82 Å². The highest BCUT2D eigenvalue weighted by molar-refractivity contribution is 6.37. The summed E-state index contributed by atoms with van der Waals surface area (Å²) in [4.78, 5) is 45.8. The molecule has 0 spiro atoms. The number of hydrogen-bond donors (Lipinski definition) is 2. The molecule has 3 rings (SSSR count). The minimum Gasteiger partial charge on any atom is -0.465 e.